The van der Waals surface area contributed by atoms with E-state index in [0.29, 0.717) is 5.69 Å². The van der Waals surface area contributed by atoms with E-state index < -0.39 is 6.04 Å². The lowest BCUT2D eigenvalue weighted by atomic mass is 10.3. The van der Waals surface area contributed by atoms with Gasteiger partial charge in [-0.15, -0.1) is 0 Å². The van der Waals surface area contributed by atoms with Gasteiger partial charge in [-0.25, -0.2) is 5.84 Å². The molecule has 1 atom stereocenters. The van der Waals surface area contributed by atoms with Crippen LogP contribution in [0.5, 0.6) is 0 Å². The summed E-state index contributed by atoms with van der Waals surface area (Å²) in [5.41, 5.74) is 2.48. The van der Waals surface area contributed by atoms with Crippen LogP contribution in [0.25, 0.3) is 0 Å². The van der Waals surface area contributed by atoms with E-state index in [9.17, 15) is 4.79 Å². The second-order valence-electron chi connectivity index (χ2n) is 2.60. The van der Waals surface area contributed by atoms with Crippen LogP contribution in [0, 0.1) is 11.3 Å². The van der Waals surface area contributed by atoms with E-state index >= 15 is 0 Å². The fraction of sp³-hybridized carbons (Fsp3) is 0.250. The van der Waals surface area contributed by atoms with Crippen LogP contribution in [0.4, 0.5) is 0 Å². The fourth-order valence-electron chi connectivity index (χ4n) is 1.07. The summed E-state index contributed by atoms with van der Waals surface area (Å²) >= 11 is 0. The molecule has 0 bridgehead atoms. The van der Waals surface area contributed by atoms with Gasteiger partial charge in [0.15, 0.2) is 0 Å². The van der Waals surface area contributed by atoms with E-state index in [-0.39, 0.29) is 5.91 Å². The van der Waals surface area contributed by atoms with Crippen LogP contribution in [0.15, 0.2) is 18.3 Å². The average molecular weight is 178 g/mol. The Bertz CT molecular complexity index is 349. The maximum Gasteiger partial charge on any atom is 0.256 e. The number of nitriles is 1. The van der Waals surface area contributed by atoms with Crippen molar-refractivity contribution in [3.05, 3.63) is 24.0 Å². The Balaban J connectivity index is 2.95. The first-order chi connectivity index (χ1) is 6.20. The summed E-state index contributed by atoms with van der Waals surface area (Å²) in [5.74, 6) is 4.65. The van der Waals surface area contributed by atoms with Gasteiger partial charge in [0.05, 0.1) is 0 Å². The van der Waals surface area contributed by atoms with Gasteiger partial charge in [-0.05, 0) is 19.1 Å². The minimum absolute atomic E-state index is 0.326. The molecule has 13 heavy (non-hydrogen) atoms. The van der Waals surface area contributed by atoms with E-state index in [0.717, 1.165) is 0 Å². The minimum Gasteiger partial charge on any atom is -0.327 e. The molecular formula is C8H10N4O. The van der Waals surface area contributed by atoms with Gasteiger partial charge < -0.3 is 4.57 Å². The maximum atomic E-state index is 11.1. The van der Waals surface area contributed by atoms with E-state index in [4.69, 9.17) is 11.1 Å². The predicted molar refractivity (Wildman–Crippen MR) is 46.2 cm³/mol. The first-order valence-corrected chi connectivity index (χ1v) is 3.78. The van der Waals surface area contributed by atoms with Crippen molar-refractivity contribution >= 4 is 5.91 Å². The van der Waals surface area contributed by atoms with Crippen molar-refractivity contribution in [2.24, 2.45) is 5.84 Å². The van der Waals surface area contributed by atoms with Crippen LogP contribution >= 0.6 is 0 Å². The van der Waals surface area contributed by atoms with Gasteiger partial charge in [0.25, 0.3) is 5.91 Å². The molecule has 1 aromatic rings. The monoisotopic (exact) mass is 178 g/mol. The Kier molecular flexibility index (Phi) is 2.67. The highest BCUT2D eigenvalue weighted by molar-refractivity contribution is 5.79. The number of nitrogens with two attached hydrogens (primary N) is 1. The second-order valence-corrected chi connectivity index (χ2v) is 2.60. The second kappa shape index (κ2) is 3.74. The van der Waals surface area contributed by atoms with Gasteiger partial charge in [-0.1, -0.05) is 0 Å². The third-order valence-electron chi connectivity index (χ3n) is 1.83. The van der Waals surface area contributed by atoms with Crippen LogP contribution in [-0.4, -0.2) is 10.5 Å². The molecule has 68 valence electrons. The number of aromatic nitrogens is 1. The van der Waals surface area contributed by atoms with Gasteiger partial charge >= 0.3 is 0 Å². The highest BCUT2D eigenvalue weighted by atomic mass is 16.2. The molecule has 5 nitrogen and oxygen atoms in total. The van der Waals surface area contributed by atoms with Crippen molar-refractivity contribution in [1.29, 1.82) is 5.26 Å². The van der Waals surface area contributed by atoms with E-state index in [2.05, 4.69) is 0 Å². The van der Waals surface area contributed by atoms with E-state index in [1.165, 1.54) is 0 Å². The molecule has 5 heteroatoms. The predicted octanol–water partition coefficient (Wildman–Crippen LogP) is -0.0893. The van der Waals surface area contributed by atoms with Crippen LogP contribution in [-0.2, 0) is 4.79 Å². The number of nitrogens with one attached hydrogen (secondary N) is 1. The van der Waals surface area contributed by atoms with Crippen molar-refractivity contribution in [2.45, 2.75) is 13.0 Å². The first kappa shape index (κ1) is 9.29. The lowest BCUT2D eigenvalue weighted by Crippen LogP contribution is -2.36. The van der Waals surface area contributed by atoms with Gasteiger partial charge in [-0.2, -0.15) is 5.26 Å². The van der Waals surface area contributed by atoms with Crippen LogP contribution < -0.4 is 11.3 Å². The molecule has 0 aliphatic rings. The topological polar surface area (TPSA) is 83.8 Å². The lowest BCUT2D eigenvalue weighted by molar-refractivity contribution is -0.123. The van der Waals surface area contributed by atoms with Gasteiger partial charge in [0, 0.05) is 6.20 Å². The molecule has 0 saturated heterocycles. The molecular weight excluding hydrogens is 168 g/mol. The van der Waals surface area contributed by atoms with Crippen molar-refractivity contribution in [2.75, 3.05) is 0 Å². The average Bonchev–Trinajstić information content (AvgIpc) is 2.62. The summed E-state index contributed by atoms with van der Waals surface area (Å²) in [6.07, 6.45) is 1.67. The molecule has 0 saturated carbocycles. The molecule has 1 unspecified atom stereocenters. The molecule has 0 fully saturated rings. The summed E-state index contributed by atoms with van der Waals surface area (Å²) in [5, 5.41) is 8.68. The number of nitrogens with zero attached hydrogens (tertiary/aromatic N) is 2. The van der Waals surface area contributed by atoms with Crippen molar-refractivity contribution in [3.8, 4) is 6.07 Å². The summed E-state index contributed by atoms with van der Waals surface area (Å²) in [7, 11) is 0. The van der Waals surface area contributed by atoms with Crippen LogP contribution in [0.2, 0.25) is 0 Å². The molecule has 0 aromatic carbocycles. The third kappa shape index (κ3) is 1.68. The first-order valence-electron chi connectivity index (χ1n) is 3.78. The molecule has 1 heterocycles. The van der Waals surface area contributed by atoms with Crippen molar-refractivity contribution in [3.63, 3.8) is 0 Å². The van der Waals surface area contributed by atoms with E-state index in [1.807, 2.05) is 11.5 Å². The standard InChI is InChI=1S/C8H10N4O/c1-6(8(13)11-10)12-4-2-3-7(12)5-9/h2-4,6H,10H2,1H3,(H,11,13). The number of hydrogen-bond donors (Lipinski definition) is 2. The molecule has 0 radical (unpaired) electrons. The maximum absolute atomic E-state index is 11.1. The zero-order valence-corrected chi connectivity index (χ0v) is 7.19. The Morgan fingerprint density at radius 1 is 1.85 bits per heavy atom. The number of hydrogen-bond acceptors (Lipinski definition) is 3. The van der Waals surface area contributed by atoms with Crippen LogP contribution in [0.3, 0.4) is 0 Å². The summed E-state index contributed by atoms with van der Waals surface area (Å²) in [6, 6.07) is 4.86. The molecule has 1 aromatic heterocycles. The normalized spacial score (nSPS) is 11.8. The Morgan fingerprint density at radius 2 is 2.54 bits per heavy atom. The molecule has 0 aliphatic carbocycles. The highest BCUT2D eigenvalue weighted by Crippen LogP contribution is 2.10. The molecule has 1 amide bonds. The quantitative estimate of drug-likeness (QED) is 0.377. The smallest absolute Gasteiger partial charge is 0.256 e. The third-order valence-corrected chi connectivity index (χ3v) is 1.83. The van der Waals surface area contributed by atoms with Crippen LogP contribution in [0.1, 0.15) is 18.7 Å². The fourth-order valence-corrected chi connectivity index (χ4v) is 1.07. The van der Waals surface area contributed by atoms with E-state index in [1.54, 1.807) is 29.8 Å². The lowest BCUT2D eigenvalue weighted by Gasteiger charge is -2.12. The zero-order valence-electron chi connectivity index (χ0n) is 7.19. The Hall–Kier alpha value is -1.80. The Labute approximate surface area is 75.7 Å². The van der Waals surface area contributed by atoms with Crippen molar-refractivity contribution in [1.82, 2.24) is 9.99 Å². The number of carbonyl (C=O) groups excluding carboxylic acids is 1. The summed E-state index contributed by atoms with van der Waals surface area (Å²) < 4.78 is 1.56. The molecule has 0 spiro atoms. The summed E-state index contributed by atoms with van der Waals surface area (Å²) in [4.78, 5) is 11.1. The summed E-state index contributed by atoms with van der Waals surface area (Å²) in [6.45, 7) is 1.67. The largest absolute Gasteiger partial charge is 0.327 e. The van der Waals surface area contributed by atoms with Gasteiger partial charge in [0.1, 0.15) is 17.8 Å². The minimum atomic E-state index is -0.463. The van der Waals surface area contributed by atoms with Gasteiger partial charge in [-0.3, -0.25) is 10.2 Å². The number of hydrazine groups is 1. The molecule has 3 N–H and O–H groups in total. The number of rotatable bonds is 2. The molecule has 0 aliphatic heterocycles. The Morgan fingerprint density at radius 3 is 3.08 bits per heavy atom. The van der Waals surface area contributed by atoms with Crippen molar-refractivity contribution < 1.29 is 4.79 Å². The van der Waals surface area contributed by atoms with Gasteiger partial charge in [0.2, 0.25) is 0 Å². The molecule has 1 rings (SSSR count). The highest BCUT2D eigenvalue weighted by Gasteiger charge is 2.14. The SMILES string of the molecule is CC(C(=O)NN)n1cccc1C#N. The number of amides is 1. The zero-order chi connectivity index (χ0) is 9.84. The number of carbonyl (C=O) groups is 1.